The van der Waals surface area contributed by atoms with Crippen LogP contribution in [0.15, 0.2) is 24.3 Å². The van der Waals surface area contributed by atoms with E-state index in [9.17, 15) is 0 Å². The molecule has 1 fully saturated rings. The maximum atomic E-state index is 2.51. The number of thioether (sulfide) groups is 1. The van der Waals surface area contributed by atoms with Crippen LogP contribution >= 0.6 is 11.8 Å². The molecular formula is C11H15NS. The van der Waals surface area contributed by atoms with Crippen molar-refractivity contribution in [3.8, 4) is 0 Å². The molecule has 0 saturated carbocycles. The lowest BCUT2D eigenvalue weighted by molar-refractivity contribution is 0.348. The fraction of sp³-hybridized carbons (Fsp3) is 0.455. The predicted molar refractivity (Wildman–Crippen MR) is 58.9 cm³/mol. The number of rotatable bonds is 2. The van der Waals surface area contributed by atoms with E-state index in [1.54, 1.807) is 0 Å². The van der Waals surface area contributed by atoms with Crippen LogP contribution in [0.5, 0.6) is 0 Å². The highest BCUT2D eigenvalue weighted by Gasteiger charge is 2.12. The molecule has 0 unspecified atom stereocenters. The Hall–Kier alpha value is -0.470. The largest absolute Gasteiger partial charge is 0.289 e. The first-order chi connectivity index (χ1) is 6.36. The van der Waals surface area contributed by atoms with Crippen LogP contribution < -0.4 is 0 Å². The molecule has 0 spiro atoms. The second-order valence-electron chi connectivity index (χ2n) is 3.52. The smallest absolute Gasteiger partial charge is 0.0448 e. The van der Waals surface area contributed by atoms with E-state index in [1.807, 2.05) is 11.8 Å². The zero-order chi connectivity index (χ0) is 9.10. The molecule has 0 N–H and O–H groups in total. The molecule has 1 aromatic rings. The molecule has 70 valence electrons. The van der Waals surface area contributed by atoms with Gasteiger partial charge in [0.05, 0.1) is 0 Å². The molecule has 0 radical (unpaired) electrons. The van der Waals surface area contributed by atoms with E-state index in [4.69, 9.17) is 0 Å². The lowest BCUT2D eigenvalue weighted by Gasteiger charge is -2.15. The summed E-state index contributed by atoms with van der Waals surface area (Å²) in [6.07, 6.45) is 0. The Kier molecular flexibility index (Phi) is 2.91. The van der Waals surface area contributed by atoms with Crippen molar-refractivity contribution in [2.75, 3.05) is 18.2 Å². The molecule has 2 heteroatoms. The number of hydrogen-bond donors (Lipinski definition) is 0. The van der Waals surface area contributed by atoms with Crippen molar-refractivity contribution >= 4 is 11.8 Å². The lowest BCUT2D eigenvalue weighted by Crippen LogP contribution is -2.19. The molecule has 1 aliphatic rings. The topological polar surface area (TPSA) is 3.24 Å². The van der Waals surface area contributed by atoms with Gasteiger partial charge in [-0.2, -0.15) is 0 Å². The van der Waals surface area contributed by atoms with Crippen molar-refractivity contribution in [3.05, 3.63) is 35.4 Å². The highest BCUT2D eigenvalue weighted by molar-refractivity contribution is 7.99. The number of hydrogen-bond acceptors (Lipinski definition) is 2. The van der Waals surface area contributed by atoms with Gasteiger partial charge >= 0.3 is 0 Å². The Morgan fingerprint density at radius 3 is 2.92 bits per heavy atom. The maximum absolute atomic E-state index is 2.51. The average Bonchev–Trinajstić information content (AvgIpc) is 2.61. The van der Waals surface area contributed by atoms with Crippen LogP contribution in [-0.4, -0.2) is 23.1 Å². The summed E-state index contributed by atoms with van der Waals surface area (Å²) in [5, 5.41) is 0. The predicted octanol–water partition coefficient (Wildman–Crippen LogP) is 2.50. The van der Waals surface area contributed by atoms with Crippen LogP contribution in [-0.2, 0) is 6.54 Å². The Morgan fingerprint density at radius 1 is 1.38 bits per heavy atom. The first-order valence-electron chi connectivity index (χ1n) is 4.71. The fourth-order valence-electron chi connectivity index (χ4n) is 1.60. The lowest BCUT2D eigenvalue weighted by atomic mass is 10.1. The first-order valence-corrected chi connectivity index (χ1v) is 5.86. The van der Waals surface area contributed by atoms with E-state index in [1.165, 1.54) is 29.3 Å². The van der Waals surface area contributed by atoms with E-state index in [0.717, 1.165) is 6.54 Å². The van der Waals surface area contributed by atoms with Gasteiger partial charge in [0.25, 0.3) is 0 Å². The molecule has 13 heavy (non-hydrogen) atoms. The summed E-state index contributed by atoms with van der Waals surface area (Å²) in [6.45, 7) is 4.57. The van der Waals surface area contributed by atoms with Gasteiger partial charge in [0, 0.05) is 24.7 Å². The zero-order valence-electron chi connectivity index (χ0n) is 7.99. The van der Waals surface area contributed by atoms with Crippen LogP contribution in [0.4, 0.5) is 0 Å². The van der Waals surface area contributed by atoms with Crippen LogP contribution in [0.3, 0.4) is 0 Å². The van der Waals surface area contributed by atoms with Gasteiger partial charge in [-0.25, -0.2) is 0 Å². The van der Waals surface area contributed by atoms with E-state index >= 15 is 0 Å². The molecule has 1 aromatic carbocycles. The highest BCUT2D eigenvalue weighted by atomic mass is 32.2. The Morgan fingerprint density at radius 2 is 2.23 bits per heavy atom. The van der Waals surface area contributed by atoms with Crippen molar-refractivity contribution in [1.82, 2.24) is 4.90 Å². The Bertz CT molecular complexity index is 279. The minimum atomic E-state index is 1.12. The summed E-state index contributed by atoms with van der Waals surface area (Å²) in [5.41, 5.74) is 2.89. The van der Waals surface area contributed by atoms with E-state index in [0.29, 0.717) is 0 Å². The third kappa shape index (κ3) is 2.26. The monoisotopic (exact) mass is 193 g/mol. The molecule has 2 rings (SSSR count). The van der Waals surface area contributed by atoms with E-state index in [2.05, 4.69) is 36.1 Å². The van der Waals surface area contributed by atoms with Gasteiger partial charge in [-0.05, 0) is 18.1 Å². The van der Waals surface area contributed by atoms with Gasteiger partial charge in [0.2, 0.25) is 0 Å². The van der Waals surface area contributed by atoms with Gasteiger partial charge in [-0.1, -0.05) is 24.3 Å². The van der Waals surface area contributed by atoms with Crippen LogP contribution in [0.2, 0.25) is 0 Å². The quantitative estimate of drug-likeness (QED) is 0.710. The minimum absolute atomic E-state index is 1.12. The maximum Gasteiger partial charge on any atom is 0.0448 e. The van der Waals surface area contributed by atoms with Crippen molar-refractivity contribution in [2.24, 2.45) is 0 Å². The van der Waals surface area contributed by atoms with Crippen molar-refractivity contribution in [1.29, 1.82) is 0 Å². The van der Waals surface area contributed by atoms with Gasteiger partial charge in [-0.15, -0.1) is 11.8 Å². The summed E-state index contributed by atoms with van der Waals surface area (Å²) in [5.74, 6) is 2.50. The molecule has 0 aromatic heterocycles. The standard InChI is InChI=1S/C11H15NS/c1-10-4-2-3-5-11(10)8-12-6-7-13-9-12/h2-5H,6-9H2,1H3. The summed E-state index contributed by atoms with van der Waals surface area (Å²) in [4.78, 5) is 2.51. The molecule has 0 bridgehead atoms. The molecule has 0 amide bonds. The summed E-state index contributed by atoms with van der Waals surface area (Å²) < 4.78 is 0. The zero-order valence-corrected chi connectivity index (χ0v) is 8.81. The van der Waals surface area contributed by atoms with Crippen LogP contribution in [0, 0.1) is 6.92 Å². The molecule has 1 nitrogen and oxygen atoms in total. The van der Waals surface area contributed by atoms with Crippen molar-refractivity contribution in [2.45, 2.75) is 13.5 Å². The van der Waals surface area contributed by atoms with Crippen molar-refractivity contribution in [3.63, 3.8) is 0 Å². The molecule has 0 atom stereocenters. The van der Waals surface area contributed by atoms with Gasteiger partial charge in [0.1, 0.15) is 0 Å². The molecule has 1 saturated heterocycles. The number of nitrogens with zero attached hydrogens (tertiary/aromatic N) is 1. The van der Waals surface area contributed by atoms with Gasteiger partial charge in [-0.3, -0.25) is 4.90 Å². The van der Waals surface area contributed by atoms with Crippen molar-refractivity contribution < 1.29 is 0 Å². The average molecular weight is 193 g/mol. The molecule has 1 heterocycles. The molecule has 1 aliphatic heterocycles. The molecule has 0 aliphatic carbocycles. The Labute approximate surface area is 84.1 Å². The Balaban J connectivity index is 2.04. The molecular weight excluding hydrogens is 178 g/mol. The van der Waals surface area contributed by atoms with E-state index < -0.39 is 0 Å². The summed E-state index contributed by atoms with van der Waals surface area (Å²) >= 11 is 2.03. The third-order valence-corrected chi connectivity index (χ3v) is 3.50. The normalized spacial score (nSPS) is 17.9. The SMILES string of the molecule is Cc1ccccc1CN1CCSC1. The second kappa shape index (κ2) is 4.16. The highest BCUT2D eigenvalue weighted by Crippen LogP contribution is 2.17. The minimum Gasteiger partial charge on any atom is -0.289 e. The number of benzene rings is 1. The fourth-order valence-corrected chi connectivity index (χ4v) is 2.60. The van der Waals surface area contributed by atoms with E-state index in [-0.39, 0.29) is 0 Å². The van der Waals surface area contributed by atoms with Gasteiger partial charge < -0.3 is 0 Å². The number of aryl methyl sites for hydroxylation is 1. The summed E-state index contributed by atoms with van der Waals surface area (Å²) in [7, 11) is 0. The van der Waals surface area contributed by atoms with Crippen LogP contribution in [0.25, 0.3) is 0 Å². The summed E-state index contributed by atoms with van der Waals surface area (Å²) in [6, 6.07) is 8.67. The second-order valence-corrected chi connectivity index (χ2v) is 4.59. The van der Waals surface area contributed by atoms with Gasteiger partial charge in [0.15, 0.2) is 0 Å². The third-order valence-electron chi connectivity index (χ3n) is 2.48. The first kappa shape index (κ1) is 9.10. The van der Waals surface area contributed by atoms with Crippen LogP contribution in [0.1, 0.15) is 11.1 Å².